The summed E-state index contributed by atoms with van der Waals surface area (Å²) >= 11 is 5.93. The zero-order chi connectivity index (χ0) is 12.6. The van der Waals surface area contributed by atoms with E-state index in [1.807, 2.05) is 32.0 Å². The maximum absolute atomic E-state index is 12.3. The number of nitrogens with one attached hydrogen (secondary N) is 1. The fourth-order valence-electron chi connectivity index (χ4n) is 1.93. The molecule has 0 aliphatic heterocycles. The lowest BCUT2D eigenvalue weighted by molar-refractivity contribution is 0.400. The first kappa shape index (κ1) is 12.1. The van der Waals surface area contributed by atoms with Gasteiger partial charge in [-0.2, -0.15) is 0 Å². The number of pyridine rings is 1. The molecule has 2 aromatic rings. The zero-order valence-corrected chi connectivity index (χ0v) is 10.9. The van der Waals surface area contributed by atoms with Gasteiger partial charge in [0.05, 0.1) is 0 Å². The molecule has 17 heavy (non-hydrogen) atoms. The molecule has 3 nitrogen and oxygen atoms in total. The number of H-pyrrole nitrogens is 1. The van der Waals surface area contributed by atoms with E-state index in [0.717, 1.165) is 16.8 Å². The van der Waals surface area contributed by atoms with Crippen LogP contribution in [0.1, 0.15) is 11.3 Å². The zero-order valence-electron chi connectivity index (χ0n) is 10.2. The van der Waals surface area contributed by atoms with Crippen LogP contribution in [0.5, 0.6) is 0 Å². The monoisotopic (exact) mass is 250 g/mol. The van der Waals surface area contributed by atoms with Crippen molar-refractivity contribution in [1.29, 1.82) is 0 Å². The molecule has 0 spiro atoms. The van der Waals surface area contributed by atoms with Crippen LogP contribution in [0, 0.1) is 6.92 Å². The van der Waals surface area contributed by atoms with Crippen molar-refractivity contribution in [2.75, 3.05) is 14.1 Å². The molecule has 0 atom stereocenters. The molecule has 0 bridgehead atoms. The van der Waals surface area contributed by atoms with E-state index < -0.39 is 0 Å². The van der Waals surface area contributed by atoms with Crippen molar-refractivity contribution in [3.05, 3.63) is 44.7 Å². The van der Waals surface area contributed by atoms with Gasteiger partial charge in [0.15, 0.2) is 5.43 Å². The summed E-state index contributed by atoms with van der Waals surface area (Å²) in [6.07, 6.45) is 0. The average molecular weight is 251 g/mol. The highest BCUT2D eigenvalue weighted by Crippen LogP contribution is 2.17. The number of hydrogen-bond donors (Lipinski definition) is 1. The van der Waals surface area contributed by atoms with E-state index in [2.05, 4.69) is 4.98 Å². The van der Waals surface area contributed by atoms with Gasteiger partial charge in [0.2, 0.25) is 0 Å². The molecule has 0 aliphatic rings. The van der Waals surface area contributed by atoms with Crippen molar-refractivity contribution in [2.45, 2.75) is 13.5 Å². The summed E-state index contributed by atoms with van der Waals surface area (Å²) in [7, 11) is 3.89. The van der Waals surface area contributed by atoms with Crippen LogP contribution in [0.3, 0.4) is 0 Å². The van der Waals surface area contributed by atoms with Gasteiger partial charge in [0.25, 0.3) is 0 Å². The van der Waals surface area contributed by atoms with Crippen LogP contribution in [-0.2, 0) is 6.54 Å². The van der Waals surface area contributed by atoms with Crippen molar-refractivity contribution >= 4 is 22.5 Å². The highest BCUT2D eigenvalue weighted by atomic mass is 35.5. The van der Waals surface area contributed by atoms with Crippen molar-refractivity contribution in [1.82, 2.24) is 9.88 Å². The number of aryl methyl sites for hydroxylation is 1. The van der Waals surface area contributed by atoms with Gasteiger partial charge in [-0.05, 0) is 39.2 Å². The maximum Gasteiger partial charge on any atom is 0.194 e. The first-order valence-electron chi connectivity index (χ1n) is 5.45. The Balaban J connectivity index is 2.73. The molecule has 0 amide bonds. The van der Waals surface area contributed by atoms with Crippen LogP contribution >= 0.6 is 11.6 Å². The van der Waals surface area contributed by atoms with Crippen LogP contribution in [0.15, 0.2) is 23.0 Å². The molecule has 2 rings (SSSR count). The Labute approximate surface area is 105 Å². The van der Waals surface area contributed by atoms with Crippen molar-refractivity contribution in [3.8, 4) is 0 Å². The molecule has 0 saturated carbocycles. The largest absolute Gasteiger partial charge is 0.358 e. The normalized spacial score (nSPS) is 11.4. The molecule has 1 N–H and O–H groups in total. The van der Waals surface area contributed by atoms with Crippen LogP contribution < -0.4 is 5.43 Å². The minimum atomic E-state index is 0.0625. The van der Waals surface area contributed by atoms with Crippen LogP contribution in [0.4, 0.5) is 0 Å². The third kappa shape index (κ3) is 2.35. The summed E-state index contributed by atoms with van der Waals surface area (Å²) in [5.41, 5.74) is 2.61. The number of aromatic nitrogens is 1. The topological polar surface area (TPSA) is 36.1 Å². The lowest BCUT2D eigenvalue weighted by atomic mass is 10.1. The highest BCUT2D eigenvalue weighted by molar-refractivity contribution is 6.31. The number of aromatic amines is 1. The SMILES string of the molecule is Cc1[nH]c2ccc(Cl)cc2c(=O)c1CN(C)C. The van der Waals surface area contributed by atoms with Gasteiger partial charge in [-0.1, -0.05) is 11.6 Å². The summed E-state index contributed by atoms with van der Waals surface area (Å²) in [6, 6.07) is 5.34. The molecule has 0 radical (unpaired) electrons. The Morgan fingerprint density at radius 3 is 2.71 bits per heavy atom. The summed E-state index contributed by atoms with van der Waals surface area (Å²) in [6.45, 7) is 2.55. The average Bonchev–Trinajstić information content (AvgIpc) is 2.25. The summed E-state index contributed by atoms with van der Waals surface area (Å²) in [4.78, 5) is 17.6. The molecule has 0 saturated heterocycles. The van der Waals surface area contributed by atoms with E-state index in [0.29, 0.717) is 17.0 Å². The molecular formula is C13H15ClN2O. The van der Waals surface area contributed by atoms with Gasteiger partial charge >= 0.3 is 0 Å². The third-order valence-electron chi connectivity index (χ3n) is 2.75. The van der Waals surface area contributed by atoms with Crippen molar-refractivity contribution in [3.63, 3.8) is 0 Å². The maximum atomic E-state index is 12.3. The lowest BCUT2D eigenvalue weighted by Crippen LogP contribution is -2.21. The second kappa shape index (κ2) is 4.51. The highest BCUT2D eigenvalue weighted by Gasteiger charge is 2.10. The Morgan fingerprint density at radius 2 is 2.06 bits per heavy atom. The molecule has 0 aliphatic carbocycles. The summed E-state index contributed by atoms with van der Waals surface area (Å²) in [5.74, 6) is 0. The minimum Gasteiger partial charge on any atom is -0.358 e. The van der Waals surface area contributed by atoms with Crippen molar-refractivity contribution in [2.24, 2.45) is 0 Å². The fraction of sp³-hybridized carbons (Fsp3) is 0.308. The van der Waals surface area contributed by atoms with Crippen LogP contribution in [0.2, 0.25) is 5.02 Å². The predicted octanol–water partition coefficient (Wildman–Crippen LogP) is 2.55. The van der Waals surface area contributed by atoms with Gasteiger partial charge in [-0.15, -0.1) is 0 Å². The van der Waals surface area contributed by atoms with Crippen molar-refractivity contribution < 1.29 is 0 Å². The molecule has 1 heterocycles. The quantitative estimate of drug-likeness (QED) is 0.889. The van der Waals surface area contributed by atoms with E-state index in [4.69, 9.17) is 11.6 Å². The van der Waals surface area contributed by atoms with E-state index in [9.17, 15) is 4.79 Å². The second-order valence-electron chi connectivity index (χ2n) is 4.49. The smallest absolute Gasteiger partial charge is 0.194 e. The number of fused-ring (bicyclic) bond motifs is 1. The first-order valence-corrected chi connectivity index (χ1v) is 5.82. The molecule has 0 unspecified atom stereocenters. The Morgan fingerprint density at radius 1 is 1.35 bits per heavy atom. The number of halogens is 1. The molecule has 4 heteroatoms. The minimum absolute atomic E-state index is 0.0625. The number of benzene rings is 1. The van der Waals surface area contributed by atoms with Crippen LogP contribution in [-0.4, -0.2) is 24.0 Å². The van der Waals surface area contributed by atoms with E-state index in [1.54, 1.807) is 12.1 Å². The fourth-order valence-corrected chi connectivity index (χ4v) is 2.10. The lowest BCUT2D eigenvalue weighted by Gasteiger charge is -2.12. The number of rotatable bonds is 2. The molecule has 0 fully saturated rings. The van der Waals surface area contributed by atoms with E-state index in [1.165, 1.54) is 0 Å². The summed E-state index contributed by atoms with van der Waals surface area (Å²) in [5, 5.41) is 1.24. The van der Waals surface area contributed by atoms with E-state index in [-0.39, 0.29) is 5.43 Å². The number of nitrogens with zero attached hydrogens (tertiary/aromatic N) is 1. The third-order valence-corrected chi connectivity index (χ3v) is 2.98. The van der Waals surface area contributed by atoms with Crippen LogP contribution in [0.25, 0.3) is 10.9 Å². The van der Waals surface area contributed by atoms with Gasteiger partial charge in [0, 0.05) is 33.7 Å². The Kier molecular flexibility index (Phi) is 3.22. The molecular weight excluding hydrogens is 236 g/mol. The van der Waals surface area contributed by atoms with Gasteiger partial charge in [-0.25, -0.2) is 0 Å². The Bertz CT molecular complexity index is 617. The van der Waals surface area contributed by atoms with Gasteiger partial charge in [0.1, 0.15) is 0 Å². The summed E-state index contributed by atoms with van der Waals surface area (Å²) < 4.78 is 0. The first-order chi connectivity index (χ1) is 7.99. The van der Waals surface area contributed by atoms with Gasteiger partial charge < -0.3 is 9.88 Å². The standard InChI is InChI=1S/C13H15ClN2O/c1-8-11(7-16(2)3)13(17)10-6-9(14)4-5-12(10)15-8/h4-6H,7H2,1-3H3,(H,15,17). The van der Waals surface area contributed by atoms with Gasteiger partial charge in [-0.3, -0.25) is 4.79 Å². The second-order valence-corrected chi connectivity index (χ2v) is 4.92. The number of hydrogen-bond acceptors (Lipinski definition) is 2. The molecule has 90 valence electrons. The Hall–Kier alpha value is -1.32. The molecule has 1 aromatic heterocycles. The van der Waals surface area contributed by atoms with E-state index >= 15 is 0 Å². The molecule has 1 aromatic carbocycles. The predicted molar refractivity (Wildman–Crippen MR) is 71.7 cm³/mol.